The van der Waals surface area contributed by atoms with E-state index in [2.05, 4.69) is 25.4 Å². The van der Waals surface area contributed by atoms with Crippen molar-refractivity contribution >= 4 is 38.4 Å². The molecule has 0 bridgehead atoms. The van der Waals surface area contributed by atoms with Gasteiger partial charge in [0, 0.05) is 18.0 Å². The highest BCUT2D eigenvalue weighted by Crippen LogP contribution is 2.28. The van der Waals surface area contributed by atoms with Gasteiger partial charge in [-0.2, -0.15) is 0 Å². The van der Waals surface area contributed by atoms with Crippen LogP contribution in [-0.2, 0) is 0 Å². The van der Waals surface area contributed by atoms with Crippen LogP contribution >= 0.6 is 11.3 Å². The zero-order valence-corrected chi connectivity index (χ0v) is 11.6. The van der Waals surface area contributed by atoms with Gasteiger partial charge in [0.05, 0.1) is 16.4 Å². The van der Waals surface area contributed by atoms with Crippen molar-refractivity contribution in [1.82, 2.24) is 19.9 Å². The smallest absolute Gasteiger partial charge is 0.163 e. The Morgan fingerprint density at radius 3 is 2.71 bits per heavy atom. The summed E-state index contributed by atoms with van der Waals surface area (Å²) in [4.78, 5) is 18.5. The molecule has 7 heteroatoms. The van der Waals surface area contributed by atoms with Crippen LogP contribution in [0.25, 0.3) is 32.6 Å². The van der Waals surface area contributed by atoms with Gasteiger partial charge in [-0.1, -0.05) is 0 Å². The quantitative estimate of drug-likeness (QED) is 0.436. The molecule has 3 N–H and O–H groups in total. The summed E-state index contributed by atoms with van der Waals surface area (Å²) in [6.07, 6.45) is 3.34. The van der Waals surface area contributed by atoms with Gasteiger partial charge in [-0.25, -0.2) is 15.8 Å². The van der Waals surface area contributed by atoms with Gasteiger partial charge in [0.25, 0.3) is 0 Å². The van der Waals surface area contributed by atoms with Gasteiger partial charge in [0.15, 0.2) is 11.6 Å². The molecule has 1 aromatic carbocycles. The Kier molecular flexibility index (Phi) is 2.73. The third-order valence-corrected chi connectivity index (χ3v) is 4.00. The fourth-order valence-electron chi connectivity index (χ4n) is 2.20. The van der Waals surface area contributed by atoms with E-state index in [1.54, 1.807) is 23.7 Å². The van der Waals surface area contributed by atoms with Crippen LogP contribution in [-0.4, -0.2) is 19.9 Å². The molecule has 0 spiro atoms. The summed E-state index contributed by atoms with van der Waals surface area (Å²) in [5, 5.41) is 2.89. The van der Waals surface area contributed by atoms with Gasteiger partial charge in [-0.05, 0) is 29.6 Å². The Bertz CT molecular complexity index is 948. The van der Waals surface area contributed by atoms with E-state index >= 15 is 0 Å². The number of rotatable bonds is 2. The third-order valence-electron chi connectivity index (χ3n) is 3.19. The number of hydrogen-bond acceptors (Lipinski definition) is 7. The van der Waals surface area contributed by atoms with Crippen molar-refractivity contribution < 1.29 is 0 Å². The summed E-state index contributed by atoms with van der Waals surface area (Å²) >= 11 is 1.55. The van der Waals surface area contributed by atoms with Crippen molar-refractivity contribution in [2.75, 3.05) is 5.43 Å². The summed E-state index contributed by atoms with van der Waals surface area (Å²) in [5.41, 5.74) is 5.17. The minimum Gasteiger partial charge on any atom is -0.308 e. The number of nitrogens with one attached hydrogen (secondary N) is 1. The first-order valence-electron chi connectivity index (χ1n) is 6.28. The molecule has 0 fully saturated rings. The van der Waals surface area contributed by atoms with Crippen LogP contribution in [0.1, 0.15) is 0 Å². The molecule has 0 aliphatic carbocycles. The van der Waals surface area contributed by atoms with Gasteiger partial charge in [-0.15, -0.1) is 11.3 Å². The second-order valence-corrected chi connectivity index (χ2v) is 5.33. The summed E-state index contributed by atoms with van der Waals surface area (Å²) in [5.74, 6) is 6.79. The van der Waals surface area contributed by atoms with Crippen LogP contribution in [0.4, 0.5) is 5.82 Å². The van der Waals surface area contributed by atoms with Crippen molar-refractivity contribution in [3.63, 3.8) is 0 Å². The fourth-order valence-corrected chi connectivity index (χ4v) is 2.96. The maximum Gasteiger partial charge on any atom is 0.163 e. The van der Waals surface area contributed by atoms with Crippen LogP contribution in [0.3, 0.4) is 0 Å². The lowest BCUT2D eigenvalue weighted by Crippen LogP contribution is -2.09. The third kappa shape index (κ3) is 1.99. The molecule has 21 heavy (non-hydrogen) atoms. The highest BCUT2D eigenvalue weighted by molar-refractivity contribution is 7.16. The Morgan fingerprint density at radius 2 is 1.86 bits per heavy atom. The van der Waals surface area contributed by atoms with Crippen LogP contribution in [0.5, 0.6) is 0 Å². The predicted octanol–water partition coefficient (Wildman–Crippen LogP) is 2.59. The number of nitrogens with zero attached hydrogens (tertiary/aromatic N) is 4. The number of anilines is 1. The normalized spacial score (nSPS) is 11.1. The zero-order chi connectivity index (χ0) is 14.2. The van der Waals surface area contributed by atoms with E-state index in [-0.39, 0.29) is 0 Å². The SMILES string of the molecule is NNc1nc(-c2ccc3nccnc3c2)nc2sccc12. The fraction of sp³-hybridized carbons (Fsp3) is 0. The van der Waals surface area contributed by atoms with Gasteiger partial charge in [0.2, 0.25) is 0 Å². The van der Waals surface area contributed by atoms with E-state index in [4.69, 9.17) is 5.84 Å². The van der Waals surface area contributed by atoms with Crippen molar-refractivity contribution in [3.8, 4) is 11.4 Å². The number of aromatic nitrogens is 4. The number of thiophene rings is 1. The summed E-state index contributed by atoms with van der Waals surface area (Å²) in [7, 11) is 0. The van der Waals surface area contributed by atoms with Crippen molar-refractivity contribution in [3.05, 3.63) is 42.0 Å². The van der Waals surface area contributed by atoms with E-state index in [0.717, 1.165) is 26.8 Å². The van der Waals surface area contributed by atoms with Gasteiger partial charge in [0.1, 0.15) is 4.83 Å². The lowest BCUT2D eigenvalue weighted by atomic mass is 10.2. The molecule has 6 nitrogen and oxygen atoms in total. The standard InChI is InChI=1S/C14H10N6S/c15-20-13-9-3-6-21-14(9)19-12(18-13)8-1-2-10-11(7-8)17-5-4-16-10/h1-7H,15H2,(H,18,19,20). The number of fused-ring (bicyclic) bond motifs is 2. The second-order valence-electron chi connectivity index (χ2n) is 4.44. The molecule has 0 aliphatic rings. The zero-order valence-electron chi connectivity index (χ0n) is 10.8. The number of hydrazine groups is 1. The molecule has 3 heterocycles. The minimum atomic E-state index is 0.616. The lowest BCUT2D eigenvalue weighted by molar-refractivity contribution is 1.19. The summed E-state index contributed by atoms with van der Waals surface area (Å²) in [6, 6.07) is 7.73. The Balaban J connectivity index is 1.94. The average molecular weight is 294 g/mol. The first-order chi connectivity index (χ1) is 10.3. The van der Waals surface area contributed by atoms with Gasteiger partial charge >= 0.3 is 0 Å². The number of nitrogen functional groups attached to an aromatic ring is 1. The van der Waals surface area contributed by atoms with E-state index in [9.17, 15) is 0 Å². The molecular weight excluding hydrogens is 284 g/mol. The maximum absolute atomic E-state index is 5.55. The molecule has 0 saturated heterocycles. The van der Waals surface area contributed by atoms with Crippen LogP contribution in [0, 0.1) is 0 Å². The Morgan fingerprint density at radius 1 is 1.00 bits per heavy atom. The van der Waals surface area contributed by atoms with Crippen molar-refractivity contribution in [1.29, 1.82) is 0 Å². The molecule has 0 atom stereocenters. The van der Waals surface area contributed by atoms with Crippen molar-refractivity contribution in [2.24, 2.45) is 5.84 Å². The monoisotopic (exact) mass is 294 g/mol. The highest BCUT2D eigenvalue weighted by atomic mass is 32.1. The van der Waals surface area contributed by atoms with Crippen molar-refractivity contribution in [2.45, 2.75) is 0 Å². The first-order valence-corrected chi connectivity index (χ1v) is 7.16. The van der Waals surface area contributed by atoms with Gasteiger partial charge in [-0.3, -0.25) is 9.97 Å². The molecule has 102 valence electrons. The number of hydrogen-bond donors (Lipinski definition) is 2. The second kappa shape index (κ2) is 4.72. The number of benzene rings is 1. The number of nitrogens with two attached hydrogens (primary N) is 1. The predicted molar refractivity (Wildman–Crippen MR) is 83.8 cm³/mol. The van der Waals surface area contributed by atoms with E-state index < -0.39 is 0 Å². The Labute approximate surface area is 123 Å². The largest absolute Gasteiger partial charge is 0.308 e. The molecule has 4 aromatic rings. The van der Waals surface area contributed by atoms with Crippen LogP contribution in [0.15, 0.2) is 42.0 Å². The molecule has 3 aromatic heterocycles. The summed E-state index contributed by atoms with van der Waals surface area (Å²) in [6.45, 7) is 0. The molecular formula is C14H10N6S. The lowest BCUT2D eigenvalue weighted by Gasteiger charge is -2.06. The molecule has 0 unspecified atom stereocenters. The molecule has 0 aliphatic heterocycles. The first kappa shape index (κ1) is 12.1. The van der Waals surface area contributed by atoms with Crippen LogP contribution in [0.2, 0.25) is 0 Å². The molecule has 0 amide bonds. The molecule has 0 saturated carbocycles. The van der Waals surface area contributed by atoms with E-state index in [1.165, 1.54) is 0 Å². The maximum atomic E-state index is 5.55. The van der Waals surface area contributed by atoms with Crippen LogP contribution < -0.4 is 11.3 Å². The average Bonchev–Trinajstić information content (AvgIpc) is 3.02. The summed E-state index contributed by atoms with van der Waals surface area (Å²) < 4.78 is 0. The highest BCUT2D eigenvalue weighted by Gasteiger charge is 2.10. The van der Waals surface area contributed by atoms with Gasteiger partial charge < -0.3 is 5.43 Å². The van der Waals surface area contributed by atoms with E-state index in [0.29, 0.717) is 11.6 Å². The molecule has 4 rings (SSSR count). The minimum absolute atomic E-state index is 0.616. The Hall–Kier alpha value is -2.64. The molecule has 0 radical (unpaired) electrons. The van der Waals surface area contributed by atoms with E-state index in [1.807, 2.05) is 29.6 Å². The topological polar surface area (TPSA) is 89.6 Å².